The summed E-state index contributed by atoms with van der Waals surface area (Å²) in [6.45, 7) is 0. The Morgan fingerprint density at radius 2 is 2.22 bits per heavy atom. The highest BCUT2D eigenvalue weighted by Gasteiger charge is 2.10. The molecule has 0 aliphatic heterocycles. The van der Waals surface area contributed by atoms with Gasteiger partial charge in [-0.15, -0.1) is 0 Å². The van der Waals surface area contributed by atoms with Crippen LogP contribution in [-0.4, -0.2) is 28.0 Å². The molecule has 0 spiro atoms. The zero-order valence-corrected chi connectivity index (χ0v) is 10.3. The highest BCUT2D eigenvalue weighted by molar-refractivity contribution is 5.73. The van der Waals surface area contributed by atoms with Crippen LogP contribution < -0.4 is 4.74 Å². The molecule has 1 N–H and O–H groups in total. The Morgan fingerprint density at radius 3 is 2.78 bits per heavy atom. The molecule has 0 amide bonds. The van der Waals surface area contributed by atoms with E-state index >= 15 is 0 Å². The number of aryl methyl sites for hydroxylation is 1. The molecule has 0 bridgehead atoms. The number of rotatable bonds is 4. The van der Waals surface area contributed by atoms with Gasteiger partial charge in [0.05, 0.1) is 19.7 Å². The van der Waals surface area contributed by atoms with E-state index in [0.29, 0.717) is 11.3 Å². The molecule has 5 heteroatoms. The second kappa shape index (κ2) is 4.91. The van der Waals surface area contributed by atoms with E-state index in [1.54, 1.807) is 16.9 Å². The van der Waals surface area contributed by atoms with Crippen molar-refractivity contribution in [2.75, 3.05) is 7.11 Å². The fourth-order valence-electron chi connectivity index (χ4n) is 1.80. The van der Waals surface area contributed by atoms with Crippen molar-refractivity contribution < 1.29 is 14.6 Å². The van der Waals surface area contributed by atoms with Crippen LogP contribution >= 0.6 is 0 Å². The van der Waals surface area contributed by atoms with E-state index in [1.165, 1.54) is 7.11 Å². The molecule has 0 saturated carbocycles. The van der Waals surface area contributed by atoms with Crippen LogP contribution in [-0.2, 0) is 18.3 Å². The fourth-order valence-corrected chi connectivity index (χ4v) is 1.80. The number of aliphatic carboxylic acids is 1. The molecule has 1 aromatic heterocycles. The van der Waals surface area contributed by atoms with Gasteiger partial charge in [0.25, 0.3) is 0 Å². The van der Waals surface area contributed by atoms with Crippen molar-refractivity contribution in [2.45, 2.75) is 6.42 Å². The average Bonchev–Trinajstić information content (AvgIpc) is 2.75. The van der Waals surface area contributed by atoms with Gasteiger partial charge in [-0.1, -0.05) is 12.1 Å². The Labute approximate surface area is 105 Å². The van der Waals surface area contributed by atoms with Gasteiger partial charge >= 0.3 is 5.97 Å². The van der Waals surface area contributed by atoms with Crippen molar-refractivity contribution in [3.05, 3.63) is 36.2 Å². The monoisotopic (exact) mass is 246 g/mol. The van der Waals surface area contributed by atoms with Gasteiger partial charge in [-0.05, 0) is 11.6 Å². The van der Waals surface area contributed by atoms with Crippen LogP contribution in [0.4, 0.5) is 0 Å². The molecule has 0 saturated heterocycles. The van der Waals surface area contributed by atoms with Crippen molar-refractivity contribution in [2.24, 2.45) is 7.05 Å². The van der Waals surface area contributed by atoms with Crippen molar-refractivity contribution in [3.8, 4) is 16.9 Å². The molecule has 2 rings (SSSR count). The minimum atomic E-state index is -0.873. The molecular formula is C13H14N2O3. The SMILES string of the molecule is COc1cc(-c2cnn(C)c2)ccc1CC(=O)O. The first-order chi connectivity index (χ1) is 8.60. The number of methoxy groups -OCH3 is 1. The molecule has 0 unspecified atom stereocenters. The predicted octanol–water partition coefficient (Wildman–Crippen LogP) is 1.72. The minimum absolute atomic E-state index is 0.0451. The van der Waals surface area contributed by atoms with Gasteiger partial charge in [-0.2, -0.15) is 5.10 Å². The smallest absolute Gasteiger partial charge is 0.307 e. The zero-order valence-electron chi connectivity index (χ0n) is 10.3. The van der Waals surface area contributed by atoms with Crippen molar-refractivity contribution in [1.29, 1.82) is 0 Å². The lowest BCUT2D eigenvalue weighted by Gasteiger charge is -2.08. The summed E-state index contributed by atoms with van der Waals surface area (Å²) >= 11 is 0. The number of benzene rings is 1. The molecule has 1 aromatic carbocycles. The summed E-state index contributed by atoms with van der Waals surface area (Å²) in [4.78, 5) is 10.7. The number of carboxylic acid groups (broad SMARTS) is 1. The Hall–Kier alpha value is -2.30. The van der Waals surface area contributed by atoms with Crippen LogP contribution in [0.1, 0.15) is 5.56 Å². The van der Waals surface area contributed by atoms with Crippen molar-refractivity contribution >= 4 is 5.97 Å². The van der Waals surface area contributed by atoms with Gasteiger partial charge < -0.3 is 9.84 Å². The maximum absolute atomic E-state index is 10.7. The predicted molar refractivity (Wildman–Crippen MR) is 66.5 cm³/mol. The number of hydrogen-bond acceptors (Lipinski definition) is 3. The van der Waals surface area contributed by atoms with Crippen LogP contribution in [0.3, 0.4) is 0 Å². The van der Waals surface area contributed by atoms with E-state index in [-0.39, 0.29) is 6.42 Å². The molecule has 5 nitrogen and oxygen atoms in total. The average molecular weight is 246 g/mol. The van der Waals surface area contributed by atoms with Crippen LogP contribution in [0, 0.1) is 0 Å². The third-order valence-electron chi connectivity index (χ3n) is 2.67. The third kappa shape index (κ3) is 2.51. The van der Waals surface area contributed by atoms with Gasteiger partial charge in [-0.25, -0.2) is 0 Å². The molecule has 0 aliphatic rings. The summed E-state index contributed by atoms with van der Waals surface area (Å²) in [5, 5.41) is 12.9. The number of nitrogens with zero attached hydrogens (tertiary/aromatic N) is 2. The van der Waals surface area contributed by atoms with E-state index in [1.807, 2.05) is 25.4 Å². The van der Waals surface area contributed by atoms with Crippen LogP contribution in [0.5, 0.6) is 5.75 Å². The first-order valence-electron chi connectivity index (χ1n) is 5.48. The summed E-state index contributed by atoms with van der Waals surface area (Å²) in [6, 6.07) is 5.47. The van der Waals surface area contributed by atoms with Gasteiger partial charge in [0.15, 0.2) is 0 Å². The quantitative estimate of drug-likeness (QED) is 0.892. The lowest BCUT2D eigenvalue weighted by molar-refractivity contribution is -0.136. The number of carboxylic acids is 1. The highest BCUT2D eigenvalue weighted by atomic mass is 16.5. The van der Waals surface area contributed by atoms with Crippen LogP contribution in [0.15, 0.2) is 30.6 Å². The fraction of sp³-hybridized carbons (Fsp3) is 0.231. The van der Waals surface area contributed by atoms with Crippen molar-refractivity contribution in [3.63, 3.8) is 0 Å². The highest BCUT2D eigenvalue weighted by Crippen LogP contribution is 2.27. The van der Waals surface area contributed by atoms with E-state index in [2.05, 4.69) is 5.10 Å². The van der Waals surface area contributed by atoms with E-state index in [9.17, 15) is 4.79 Å². The molecule has 1 heterocycles. The first-order valence-corrected chi connectivity index (χ1v) is 5.48. The molecular weight excluding hydrogens is 232 g/mol. The Morgan fingerprint density at radius 1 is 1.44 bits per heavy atom. The lowest BCUT2D eigenvalue weighted by atomic mass is 10.0. The molecule has 94 valence electrons. The number of ether oxygens (including phenoxy) is 1. The molecule has 0 atom stereocenters. The standard InChI is InChI=1S/C13H14N2O3/c1-15-8-11(7-14-15)9-3-4-10(6-13(16)17)12(5-9)18-2/h3-5,7-8H,6H2,1-2H3,(H,16,17). The summed E-state index contributed by atoms with van der Waals surface area (Å²) in [7, 11) is 3.38. The van der Waals surface area contributed by atoms with Gasteiger partial charge in [0.2, 0.25) is 0 Å². The van der Waals surface area contributed by atoms with E-state index in [4.69, 9.17) is 9.84 Å². The zero-order chi connectivity index (χ0) is 13.1. The topological polar surface area (TPSA) is 64.4 Å². The maximum atomic E-state index is 10.7. The second-order valence-corrected chi connectivity index (χ2v) is 4.00. The third-order valence-corrected chi connectivity index (χ3v) is 2.67. The lowest BCUT2D eigenvalue weighted by Crippen LogP contribution is -2.02. The molecule has 0 fully saturated rings. The van der Waals surface area contributed by atoms with E-state index < -0.39 is 5.97 Å². The molecule has 0 radical (unpaired) electrons. The first kappa shape index (κ1) is 12.2. The Balaban J connectivity index is 2.38. The van der Waals surface area contributed by atoms with Gasteiger partial charge in [0.1, 0.15) is 5.75 Å². The van der Waals surface area contributed by atoms with E-state index in [0.717, 1.165) is 11.1 Å². The van der Waals surface area contributed by atoms with Gasteiger partial charge in [-0.3, -0.25) is 9.48 Å². The summed E-state index contributed by atoms with van der Waals surface area (Å²) < 4.78 is 6.94. The van der Waals surface area contributed by atoms with Crippen molar-refractivity contribution in [1.82, 2.24) is 9.78 Å². The maximum Gasteiger partial charge on any atom is 0.307 e. The molecule has 18 heavy (non-hydrogen) atoms. The second-order valence-electron chi connectivity index (χ2n) is 4.00. The Kier molecular flexibility index (Phi) is 3.32. The Bertz CT molecular complexity index is 575. The minimum Gasteiger partial charge on any atom is -0.496 e. The number of carbonyl (C=O) groups is 1. The summed E-state index contributed by atoms with van der Waals surface area (Å²) in [5.41, 5.74) is 2.59. The number of aromatic nitrogens is 2. The summed E-state index contributed by atoms with van der Waals surface area (Å²) in [6.07, 6.45) is 3.60. The molecule has 2 aromatic rings. The van der Waals surface area contributed by atoms with Gasteiger partial charge in [0, 0.05) is 24.4 Å². The normalized spacial score (nSPS) is 10.3. The van der Waals surface area contributed by atoms with Crippen LogP contribution in [0.25, 0.3) is 11.1 Å². The largest absolute Gasteiger partial charge is 0.496 e. The van der Waals surface area contributed by atoms with Crippen LogP contribution in [0.2, 0.25) is 0 Å². The molecule has 0 aliphatic carbocycles. The summed E-state index contributed by atoms with van der Waals surface area (Å²) in [5.74, 6) is -0.291. The number of hydrogen-bond donors (Lipinski definition) is 1.